The van der Waals surface area contributed by atoms with Crippen LogP contribution in [0.15, 0.2) is 53.7 Å². The minimum atomic E-state index is -0.324. The highest BCUT2D eigenvalue weighted by Gasteiger charge is 2.05. The number of nitrogens with zero attached hydrogens (tertiary/aromatic N) is 2. The lowest BCUT2D eigenvalue weighted by Gasteiger charge is -2.02. The van der Waals surface area contributed by atoms with E-state index < -0.39 is 0 Å². The van der Waals surface area contributed by atoms with Gasteiger partial charge in [-0.3, -0.25) is 4.98 Å². The molecule has 0 radical (unpaired) electrons. The van der Waals surface area contributed by atoms with Gasteiger partial charge >= 0.3 is 0 Å². The van der Waals surface area contributed by atoms with Crippen molar-refractivity contribution < 1.29 is 4.39 Å². The molecule has 0 unspecified atom stereocenters. The molecular weight excluding hydrogens is 235 g/mol. The third-order valence-corrected chi connectivity index (χ3v) is 2.84. The van der Waals surface area contributed by atoms with Crippen molar-refractivity contribution in [2.45, 2.75) is 0 Å². The first-order valence-corrected chi connectivity index (χ1v) is 6.32. The Kier molecular flexibility index (Phi) is 3.88. The van der Waals surface area contributed by atoms with E-state index in [4.69, 9.17) is 0 Å². The monoisotopic (exact) mass is 246 g/mol. The summed E-state index contributed by atoms with van der Waals surface area (Å²) in [6, 6.07) is 12.0. The van der Waals surface area contributed by atoms with Crippen LogP contribution in [-0.2, 0) is 0 Å². The number of rotatable bonds is 2. The number of hydrogen-bond donors (Lipinski definition) is 0. The summed E-state index contributed by atoms with van der Waals surface area (Å²) in [6.07, 6.45) is 3.59. The highest BCUT2D eigenvalue weighted by molar-refractivity contribution is 8.13. The van der Waals surface area contributed by atoms with Crippen LogP contribution in [0.4, 0.5) is 10.1 Å². The minimum Gasteiger partial charge on any atom is -0.254 e. The van der Waals surface area contributed by atoms with E-state index in [-0.39, 0.29) is 5.82 Å². The van der Waals surface area contributed by atoms with Gasteiger partial charge in [0.25, 0.3) is 0 Å². The maximum Gasteiger partial charge on any atom is 0.148 e. The predicted molar refractivity (Wildman–Crippen MR) is 70.3 cm³/mol. The van der Waals surface area contributed by atoms with Gasteiger partial charge in [-0.15, -0.1) is 11.8 Å². The topological polar surface area (TPSA) is 25.2 Å². The first-order valence-electron chi connectivity index (χ1n) is 5.10. The number of benzene rings is 1. The molecule has 17 heavy (non-hydrogen) atoms. The van der Waals surface area contributed by atoms with Crippen molar-refractivity contribution in [3.05, 3.63) is 60.2 Å². The normalized spacial score (nSPS) is 11.5. The lowest BCUT2D eigenvalue weighted by atomic mass is 10.3. The molecule has 0 aliphatic carbocycles. The molecule has 2 rings (SSSR count). The number of aliphatic imine (C=N–C) groups is 1. The molecule has 0 saturated heterocycles. The molecule has 0 saturated carbocycles. The predicted octanol–water partition coefficient (Wildman–Crippen LogP) is 3.66. The lowest BCUT2D eigenvalue weighted by Crippen LogP contribution is -1.97. The van der Waals surface area contributed by atoms with Gasteiger partial charge in [-0.2, -0.15) is 0 Å². The molecule has 0 fully saturated rings. The van der Waals surface area contributed by atoms with Crippen LogP contribution in [0.1, 0.15) is 5.69 Å². The molecule has 0 atom stereocenters. The molecule has 0 aliphatic rings. The fourth-order valence-corrected chi connectivity index (χ4v) is 1.87. The van der Waals surface area contributed by atoms with Crippen LogP contribution in [0.5, 0.6) is 0 Å². The molecule has 4 heteroatoms. The van der Waals surface area contributed by atoms with Gasteiger partial charge in [0.15, 0.2) is 0 Å². The van der Waals surface area contributed by atoms with Crippen molar-refractivity contribution in [3.8, 4) is 0 Å². The van der Waals surface area contributed by atoms with Crippen LogP contribution in [0.25, 0.3) is 0 Å². The Hall–Kier alpha value is -1.68. The van der Waals surface area contributed by atoms with Crippen LogP contribution in [0.3, 0.4) is 0 Å². The summed E-state index contributed by atoms with van der Waals surface area (Å²) in [6.45, 7) is 0. The smallest absolute Gasteiger partial charge is 0.148 e. The van der Waals surface area contributed by atoms with E-state index in [1.807, 2.05) is 24.5 Å². The largest absolute Gasteiger partial charge is 0.254 e. The summed E-state index contributed by atoms with van der Waals surface area (Å²) >= 11 is 1.45. The van der Waals surface area contributed by atoms with Crippen molar-refractivity contribution in [1.29, 1.82) is 0 Å². The number of para-hydroxylation sites is 1. The van der Waals surface area contributed by atoms with E-state index in [9.17, 15) is 4.39 Å². The number of thioether (sulfide) groups is 1. The molecule has 86 valence electrons. The molecule has 0 aliphatic heterocycles. The average molecular weight is 246 g/mol. The molecule has 2 nitrogen and oxygen atoms in total. The quantitative estimate of drug-likeness (QED) is 0.597. The molecule has 1 heterocycles. The Balaban J connectivity index is 2.40. The van der Waals surface area contributed by atoms with E-state index in [0.29, 0.717) is 10.7 Å². The Morgan fingerprint density at radius 2 is 1.94 bits per heavy atom. The Morgan fingerprint density at radius 3 is 2.59 bits per heavy atom. The van der Waals surface area contributed by atoms with E-state index in [1.54, 1.807) is 24.4 Å². The molecule has 0 bridgehead atoms. The van der Waals surface area contributed by atoms with Crippen molar-refractivity contribution in [3.63, 3.8) is 0 Å². The minimum absolute atomic E-state index is 0.324. The highest BCUT2D eigenvalue weighted by atomic mass is 32.2. The van der Waals surface area contributed by atoms with Crippen molar-refractivity contribution in [2.24, 2.45) is 4.99 Å². The van der Waals surface area contributed by atoms with Crippen molar-refractivity contribution >= 4 is 22.5 Å². The molecule has 2 aromatic rings. The molecule has 1 aromatic carbocycles. The first-order chi connectivity index (χ1) is 8.31. The standard InChI is InChI=1S/C13H11FN2S/c1-17-13(12-8-4-5-9-15-12)16-11-7-3-2-6-10(11)14/h2-9H,1H3. The zero-order valence-electron chi connectivity index (χ0n) is 9.30. The summed E-state index contributed by atoms with van der Waals surface area (Å²) in [5.41, 5.74) is 1.09. The third-order valence-electron chi connectivity index (χ3n) is 2.15. The second kappa shape index (κ2) is 5.59. The number of pyridine rings is 1. The van der Waals surface area contributed by atoms with Gasteiger partial charge in [0, 0.05) is 6.20 Å². The molecular formula is C13H11FN2S. The van der Waals surface area contributed by atoms with E-state index >= 15 is 0 Å². The van der Waals surface area contributed by atoms with Gasteiger partial charge in [0.1, 0.15) is 16.5 Å². The van der Waals surface area contributed by atoms with Crippen LogP contribution >= 0.6 is 11.8 Å². The number of aromatic nitrogens is 1. The van der Waals surface area contributed by atoms with Gasteiger partial charge in [0.2, 0.25) is 0 Å². The zero-order valence-corrected chi connectivity index (χ0v) is 10.1. The van der Waals surface area contributed by atoms with Gasteiger partial charge in [-0.05, 0) is 30.5 Å². The lowest BCUT2D eigenvalue weighted by molar-refractivity contribution is 0.630. The molecule has 0 N–H and O–H groups in total. The second-order valence-electron chi connectivity index (χ2n) is 3.29. The summed E-state index contributed by atoms with van der Waals surface area (Å²) in [4.78, 5) is 8.49. The Morgan fingerprint density at radius 1 is 1.18 bits per heavy atom. The number of halogens is 1. The molecule has 1 aromatic heterocycles. The van der Waals surface area contributed by atoms with Crippen LogP contribution in [0, 0.1) is 5.82 Å². The maximum atomic E-state index is 13.5. The average Bonchev–Trinajstić information content (AvgIpc) is 2.39. The van der Waals surface area contributed by atoms with Crippen molar-refractivity contribution in [2.75, 3.05) is 6.26 Å². The second-order valence-corrected chi connectivity index (χ2v) is 4.08. The van der Waals surface area contributed by atoms with Gasteiger partial charge < -0.3 is 0 Å². The van der Waals surface area contributed by atoms with Gasteiger partial charge in [-0.25, -0.2) is 9.38 Å². The maximum absolute atomic E-state index is 13.5. The molecule has 0 spiro atoms. The fraction of sp³-hybridized carbons (Fsp3) is 0.0769. The van der Waals surface area contributed by atoms with Gasteiger partial charge in [0.05, 0.1) is 5.69 Å². The molecule has 0 amide bonds. The highest BCUT2D eigenvalue weighted by Crippen LogP contribution is 2.20. The van der Waals surface area contributed by atoms with Crippen molar-refractivity contribution in [1.82, 2.24) is 4.98 Å². The van der Waals surface area contributed by atoms with Crippen LogP contribution < -0.4 is 0 Å². The van der Waals surface area contributed by atoms with Crippen LogP contribution in [-0.4, -0.2) is 16.3 Å². The van der Waals surface area contributed by atoms with Crippen LogP contribution in [0.2, 0.25) is 0 Å². The summed E-state index contributed by atoms with van der Waals surface area (Å²) in [5.74, 6) is -0.324. The van der Waals surface area contributed by atoms with E-state index in [2.05, 4.69) is 9.98 Å². The van der Waals surface area contributed by atoms with Gasteiger partial charge in [-0.1, -0.05) is 18.2 Å². The van der Waals surface area contributed by atoms with E-state index in [0.717, 1.165) is 5.69 Å². The summed E-state index contributed by atoms with van der Waals surface area (Å²) < 4.78 is 13.5. The number of hydrogen-bond acceptors (Lipinski definition) is 3. The third kappa shape index (κ3) is 2.91. The summed E-state index contributed by atoms with van der Waals surface area (Å²) in [7, 11) is 0. The van der Waals surface area contributed by atoms with E-state index in [1.165, 1.54) is 17.8 Å². The zero-order chi connectivity index (χ0) is 12.1. The fourth-order valence-electron chi connectivity index (χ4n) is 1.35. The Bertz CT molecular complexity index is 526. The first kappa shape index (κ1) is 11.8. The Labute approximate surface area is 104 Å². The summed E-state index contributed by atoms with van der Waals surface area (Å²) in [5, 5.41) is 0.704. The SMILES string of the molecule is CSC(=Nc1ccccc1F)c1ccccn1.